The van der Waals surface area contributed by atoms with E-state index in [2.05, 4.69) is 31.7 Å². The van der Waals surface area contributed by atoms with Gasteiger partial charge >= 0.3 is 6.09 Å². The average Bonchev–Trinajstić information content (AvgIpc) is 3.03. The van der Waals surface area contributed by atoms with Crippen molar-refractivity contribution in [2.24, 2.45) is 0 Å². The van der Waals surface area contributed by atoms with Crippen molar-refractivity contribution in [2.75, 3.05) is 13.1 Å². The number of amides is 2. The van der Waals surface area contributed by atoms with Gasteiger partial charge in [0.1, 0.15) is 5.60 Å². The summed E-state index contributed by atoms with van der Waals surface area (Å²) in [5, 5.41) is 9.66. The number of nitrogens with zero attached hydrogens (tertiary/aromatic N) is 2. The van der Waals surface area contributed by atoms with Crippen molar-refractivity contribution in [2.45, 2.75) is 32.8 Å². The van der Waals surface area contributed by atoms with Crippen molar-refractivity contribution in [1.82, 2.24) is 20.4 Å². The molecule has 0 radical (unpaired) electrons. The van der Waals surface area contributed by atoms with Crippen LogP contribution in [-0.2, 0) is 4.74 Å². The third kappa shape index (κ3) is 6.51. The Morgan fingerprint density at radius 2 is 1.81 bits per heavy atom. The molecule has 8 heteroatoms. The Balaban J connectivity index is 1.73. The van der Waals surface area contributed by atoms with Crippen LogP contribution in [0.15, 0.2) is 41.1 Å². The summed E-state index contributed by atoms with van der Waals surface area (Å²) < 4.78 is 7.76. The van der Waals surface area contributed by atoms with Gasteiger partial charge in [-0.25, -0.2) is 9.48 Å². The van der Waals surface area contributed by atoms with Crippen molar-refractivity contribution >= 4 is 27.9 Å². The minimum absolute atomic E-state index is 0.203. The fraction of sp³-hybridized carbons (Fsp3) is 0.389. The second-order valence-corrected chi connectivity index (χ2v) is 7.60. The molecule has 1 aromatic heterocycles. The number of hydrogen-bond acceptors (Lipinski definition) is 4. The molecule has 7 nitrogen and oxygen atoms in total. The summed E-state index contributed by atoms with van der Waals surface area (Å²) in [6.45, 7) is 6.29. The lowest BCUT2D eigenvalue weighted by molar-refractivity contribution is 0.0527. The first-order chi connectivity index (χ1) is 12.2. The normalized spacial score (nSPS) is 11.1. The van der Waals surface area contributed by atoms with Gasteiger partial charge in [0, 0.05) is 23.8 Å². The highest BCUT2D eigenvalue weighted by Crippen LogP contribution is 2.14. The molecule has 0 fully saturated rings. The first-order valence-electron chi connectivity index (χ1n) is 8.30. The van der Waals surface area contributed by atoms with Crippen molar-refractivity contribution in [1.29, 1.82) is 0 Å². The Hall–Kier alpha value is -2.35. The molecule has 0 atom stereocenters. The highest BCUT2D eigenvalue weighted by molar-refractivity contribution is 9.10. The molecule has 2 rings (SSSR count). The van der Waals surface area contributed by atoms with Crippen LogP contribution in [0, 0.1) is 0 Å². The SMILES string of the molecule is CC(C)(C)OC(=O)NCCCNC(=O)c1cnn(-c2ccc(Br)cc2)c1. The standard InChI is InChI=1S/C18H23BrN4O3/c1-18(2,3)26-17(25)21-10-4-9-20-16(24)13-11-22-23(12-13)15-7-5-14(19)6-8-15/h5-8,11-12H,4,9-10H2,1-3H3,(H,20,24)(H,21,25). The van der Waals surface area contributed by atoms with Gasteiger partial charge in [-0.2, -0.15) is 5.10 Å². The van der Waals surface area contributed by atoms with E-state index in [1.54, 1.807) is 31.6 Å². The number of alkyl carbamates (subject to hydrolysis) is 1. The summed E-state index contributed by atoms with van der Waals surface area (Å²) in [5.41, 5.74) is 0.828. The Morgan fingerprint density at radius 1 is 1.15 bits per heavy atom. The lowest BCUT2D eigenvalue weighted by atomic mass is 10.2. The van der Waals surface area contributed by atoms with Crippen molar-refractivity contribution in [3.63, 3.8) is 0 Å². The van der Waals surface area contributed by atoms with Crippen molar-refractivity contribution in [3.8, 4) is 5.69 Å². The Kier molecular flexibility index (Phi) is 6.79. The minimum Gasteiger partial charge on any atom is -0.444 e. The van der Waals surface area contributed by atoms with E-state index < -0.39 is 11.7 Å². The maximum Gasteiger partial charge on any atom is 0.407 e. The smallest absolute Gasteiger partial charge is 0.407 e. The maximum absolute atomic E-state index is 12.1. The molecule has 0 saturated carbocycles. The van der Waals surface area contributed by atoms with Gasteiger partial charge in [0.15, 0.2) is 0 Å². The van der Waals surface area contributed by atoms with E-state index in [-0.39, 0.29) is 5.91 Å². The van der Waals surface area contributed by atoms with Gasteiger partial charge in [0.2, 0.25) is 0 Å². The summed E-state index contributed by atoms with van der Waals surface area (Å²) >= 11 is 3.38. The largest absolute Gasteiger partial charge is 0.444 e. The molecule has 0 aliphatic heterocycles. The fourth-order valence-corrected chi connectivity index (χ4v) is 2.34. The number of benzene rings is 1. The van der Waals surface area contributed by atoms with Crippen LogP contribution in [-0.4, -0.2) is 40.5 Å². The molecule has 0 bridgehead atoms. The third-order valence-electron chi connectivity index (χ3n) is 3.24. The van der Waals surface area contributed by atoms with Gasteiger partial charge in [-0.3, -0.25) is 4.79 Å². The van der Waals surface area contributed by atoms with Gasteiger partial charge < -0.3 is 15.4 Å². The van der Waals surface area contributed by atoms with Crippen LogP contribution < -0.4 is 10.6 Å². The molecule has 0 unspecified atom stereocenters. The maximum atomic E-state index is 12.1. The number of nitrogens with one attached hydrogen (secondary N) is 2. The summed E-state index contributed by atoms with van der Waals surface area (Å²) in [6.07, 6.45) is 3.35. The van der Waals surface area contributed by atoms with E-state index in [1.165, 1.54) is 6.20 Å². The van der Waals surface area contributed by atoms with Crippen LogP contribution in [0.2, 0.25) is 0 Å². The van der Waals surface area contributed by atoms with Gasteiger partial charge in [0.05, 0.1) is 17.4 Å². The molecule has 2 N–H and O–H groups in total. The summed E-state index contributed by atoms with van der Waals surface area (Å²) in [5.74, 6) is -0.203. The summed E-state index contributed by atoms with van der Waals surface area (Å²) in [6, 6.07) is 7.63. The second-order valence-electron chi connectivity index (χ2n) is 6.69. The number of ether oxygens (including phenoxy) is 1. The van der Waals surface area contributed by atoms with Gasteiger partial charge in [-0.05, 0) is 51.5 Å². The number of halogens is 1. The number of carbonyl (C=O) groups is 2. The fourth-order valence-electron chi connectivity index (χ4n) is 2.07. The molecular formula is C18H23BrN4O3. The number of rotatable bonds is 6. The van der Waals surface area contributed by atoms with Crippen LogP contribution in [0.1, 0.15) is 37.6 Å². The van der Waals surface area contributed by atoms with E-state index in [1.807, 2.05) is 24.3 Å². The molecule has 0 aliphatic carbocycles. The molecule has 0 aliphatic rings. The number of carbonyl (C=O) groups excluding carboxylic acids is 2. The molecule has 2 aromatic rings. The van der Waals surface area contributed by atoms with Crippen LogP contribution in [0.25, 0.3) is 5.69 Å². The molecule has 140 valence electrons. The van der Waals surface area contributed by atoms with E-state index in [4.69, 9.17) is 4.74 Å². The van der Waals surface area contributed by atoms with Crippen molar-refractivity contribution < 1.29 is 14.3 Å². The van der Waals surface area contributed by atoms with Crippen LogP contribution in [0.4, 0.5) is 4.79 Å². The molecule has 1 aromatic carbocycles. The quantitative estimate of drug-likeness (QED) is 0.699. The predicted octanol–water partition coefficient (Wildman–Crippen LogP) is 3.28. The highest BCUT2D eigenvalue weighted by atomic mass is 79.9. The predicted molar refractivity (Wildman–Crippen MR) is 102 cm³/mol. The zero-order valence-electron chi connectivity index (χ0n) is 15.1. The zero-order chi connectivity index (χ0) is 19.2. The lowest BCUT2D eigenvalue weighted by Crippen LogP contribution is -2.34. The highest BCUT2D eigenvalue weighted by Gasteiger charge is 2.15. The monoisotopic (exact) mass is 422 g/mol. The minimum atomic E-state index is -0.521. The average molecular weight is 423 g/mol. The zero-order valence-corrected chi connectivity index (χ0v) is 16.7. The summed E-state index contributed by atoms with van der Waals surface area (Å²) in [4.78, 5) is 23.6. The Morgan fingerprint density at radius 3 is 2.46 bits per heavy atom. The number of aromatic nitrogens is 2. The molecule has 0 spiro atoms. The van der Waals surface area contributed by atoms with E-state index in [9.17, 15) is 9.59 Å². The molecule has 0 saturated heterocycles. The van der Waals surface area contributed by atoms with E-state index >= 15 is 0 Å². The van der Waals surface area contributed by atoms with Gasteiger partial charge in [-0.15, -0.1) is 0 Å². The van der Waals surface area contributed by atoms with Crippen molar-refractivity contribution in [3.05, 3.63) is 46.7 Å². The first kappa shape index (κ1) is 20.0. The molecular weight excluding hydrogens is 400 g/mol. The topological polar surface area (TPSA) is 85.2 Å². The molecule has 26 heavy (non-hydrogen) atoms. The van der Waals surface area contributed by atoms with E-state index in [0.717, 1.165) is 10.2 Å². The Labute approximate surface area is 161 Å². The summed E-state index contributed by atoms with van der Waals surface area (Å²) in [7, 11) is 0. The van der Waals surface area contributed by atoms with Gasteiger partial charge in [0.25, 0.3) is 5.91 Å². The lowest BCUT2D eigenvalue weighted by Gasteiger charge is -2.19. The Bertz CT molecular complexity index is 751. The molecule has 2 amide bonds. The second kappa shape index (κ2) is 8.84. The first-order valence-corrected chi connectivity index (χ1v) is 9.09. The number of hydrogen-bond donors (Lipinski definition) is 2. The third-order valence-corrected chi connectivity index (χ3v) is 3.77. The van der Waals surface area contributed by atoms with Crippen LogP contribution >= 0.6 is 15.9 Å². The van der Waals surface area contributed by atoms with Crippen LogP contribution in [0.3, 0.4) is 0 Å². The van der Waals surface area contributed by atoms with Gasteiger partial charge in [-0.1, -0.05) is 15.9 Å². The van der Waals surface area contributed by atoms with Crippen LogP contribution in [0.5, 0.6) is 0 Å². The van der Waals surface area contributed by atoms with E-state index in [0.29, 0.717) is 25.1 Å². The molecule has 1 heterocycles.